The number of amides is 1. The highest BCUT2D eigenvalue weighted by atomic mass is 16.6. The number of rotatable bonds is 6. The van der Waals surface area contributed by atoms with E-state index in [-0.39, 0.29) is 23.1 Å². The van der Waals surface area contributed by atoms with Crippen molar-refractivity contribution in [2.75, 3.05) is 42.9 Å². The molecule has 32 heavy (non-hydrogen) atoms. The van der Waals surface area contributed by atoms with Crippen molar-refractivity contribution < 1.29 is 9.72 Å². The summed E-state index contributed by atoms with van der Waals surface area (Å²) in [5, 5.41) is 18.8. The van der Waals surface area contributed by atoms with Crippen LogP contribution in [0.5, 0.6) is 0 Å². The first kappa shape index (κ1) is 21.5. The quantitative estimate of drug-likeness (QED) is 0.473. The normalized spacial score (nSPS) is 14.4. The lowest BCUT2D eigenvalue weighted by Gasteiger charge is -2.35. The summed E-state index contributed by atoms with van der Waals surface area (Å²) in [6, 6.07) is 16.6. The van der Waals surface area contributed by atoms with Crippen LogP contribution in [0, 0.1) is 24.0 Å². The number of para-hydroxylation sites is 2. The molecule has 9 heteroatoms. The van der Waals surface area contributed by atoms with Crippen LogP contribution in [0.25, 0.3) is 5.69 Å². The topological polar surface area (TPSA) is 96.5 Å². The molecule has 3 aromatic rings. The van der Waals surface area contributed by atoms with Crippen LogP contribution in [-0.4, -0.2) is 58.2 Å². The Bertz CT molecular complexity index is 1120. The van der Waals surface area contributed by atoms with E-state index in [0.29, 0.717) is 37.7 Å². The van der Waals surface area contributed by atoms with Crippen molar-refractivity contribution in [3.63, 3.8) is 0 Å². The lowest BCUT2D eigenvalue weighted by molar-refractivity contribution is -0.384. The molecule has 0 saturated carbocycles. The van der Waals surface area contributed by atoms with Gasteiger partial charge in [-0.05, 0) is 32.0 Å². The van der Waals surface area contributed by atoms with Gasteiger partial charge in [0.25, 0.3) is 5.69 Å². The van der Waals surface area contributed by atoms with Crippen LogP contribution in [0.3, 0.4) is 0 Å². The van der Waals surface area contributed by atoms with E-state index in [0.717, 1.165) is 16.9 Å². The van der Waals surface area contributed by atoms with Gasteiger partial charge < -0.3 is 10.2 Å². The van der Waals surface area contributed by atoms with E-state index in [4.69, 9.17) is 0 Å². The predicted octanol–water partition coefficient (Wildman–Crippen LogP) is 3.16. The molecule has 1 aliphatic heterocycles. The second-order valence-electron chi connectivity index (χ2n) is 7.98. The van der Waals surface area contributed by atoms with Crippen molar-refractivity contribution in [1.29, 1.82) is 0 Å². The monoisotopic (exact) mass is 434 g/mol. The second-order valence-corrected chi connectivity index (χ2v) is 7.98. The minimum Gasteiger partial charge on any atom is -0.363 e. The maximum Gasteiger partial charge on any atom is 0.292 e. The number of piperazine rings is 1. The van der Waals surface area contributed by atoms with Gasteiger partial charge in [0.2, 0.25) is 5.91 Å². The van der Waals surface area contributed by atoms with E-state index in [1.165, 1.54) is 6.07 Å². The van der Waals surface area contributed by atoms with Crippen LogP contribution >= 0.6 is 0 Å². The lowest BCUT2D eigenvalue weighted by Crippen LogP contribution is -2.48. The van der Waals surface area contributed by atoms with Crippen molar-refractivity contribution >= 4 is 23.1 Å². The third-order valence-electron chi connectivity index (χ3n) is 5.54. The van der Waals surface area contributed by atoms with Crippen LogP contribution in [0.1, 0.15) is 11.3 Å². The zero-order chi connectivity index (χ0) is 22.7. The Labute approximate surface area is 186 Å². The molecule has 4 rings (SSSR count). The van der Waals surface area contributed by atoms with Gasteiger partial charge in [-0.1, -0.05) is 29.8 Å². The third-order valence-corrected chi connectivity index (χ3v) is 5.54. The van der Waals surface area contributed by atoms with Gasteiger partial charge in [0.1, 0.15) is 11.5 Å². The average molecular weight is 435 g/mol. The number of anilines is 2. The van der Waals surface area contributed by atoms with Crippen molar-refractivity contribution in [2.24, 2.45) is 0 Å². The molecule has 2 heterocycles. The Kier molecular flexibility index (Phi) is 6.18. The van der Waals surface area contributed by atoms with E-state index in [1.54, 1.807) is 22.9 Å². The van der Waals surface area contributed by atoms with Crippen molar-refractivity contribution in [1.82, 2.24) is 14.7 Å². The van der Waals surface area contributed by atoms with Crippen LogP contribution < -0.4 is 10.2 Å². The van der Waals surface area contributed by atoms with Crippen LogP contribution in [0.15, 0.2) is 54.6 Å². The number of carbonyl (C=O) groups is 1. The first-order valence-electron chi connectivity index (χ1n) is 10.5. The molecule has 0 aliphatic carbocycles. The molecule has 1 fully saturated rings. The van der Waals surface area contributed by atoms with Gasteiger partial charge in [-0.2, -0.15) is 5.10 Å². The van der Waals surface area contributed by atoms with Crippen molar-refractivity contribution in [3.05, 3.63) is 76.0 Å². The molecule has 1 aliphatic rings. The van der Waals surface area contributed by atoms with E-state index in [2.05, 4.69) is 15.3 Å². The minimum atomic E-state index is -0.353. The number of hydrogen-bond acceptors (Lipinski definition) is 6. The molecular formula is C23H26N6O3. The van der Waals surface area contributed by atoms with Crippen LogP contribution in [-0.2, 0) is 4.79 Å². The Morgan fingerprint density at radius 2 is 1.75 bits per heavy atom. The Hall–Kier alpha value is -3.72. The Balaban J connectivity index is 1.37. The van der Waals surface area contributed by atoms with Gasteiger partial charge in [-0.3, -0.25) is 19.8 Å². The fourth-order valence-electron chi connectivity index (χ4n) is 3.89. The molecule has 1 amide bonds. The Morgan fingerprint density at radius 1 is 1.06 bits per heavy atom. The van der Waals surface area contributed by atoms with Gasteiger partial charge in [-0.25, -0.2) is 4.68 Å². The molecule has 2 aromatic carbocycles. The van der Waals surface area contributed by atoms with Crippen molar-refractivity contribution in [3.8, 4) is 5.69 Å². The summed E-state index contributed by atoms with van der Waals surface area (Å²) in [4.78, 5) is 27.7. The third kappa shape index (κ3) is 4.78. The molecule has 1 aromatic heterocycles. The molecule has 1 N–H and O–H groups in total. The maximum absolute atomic E-state index is 12.7. The van der Waals surface area contributed by atoms with E-state index < -0.39 is 0 Å². The summed E-state index contributed by atoms with van der Waals surface area (Å²) in [5.41, 5.74) is 3.59. The summed E-state index contributed by atoms with van der Waals surface area (Å²) in [5.74, 6) is 0.521. The highest BCUT2D eigenvalue weighted by molar-refractivity contribution is 5.91. The number of nitro groups is 1. The maximum atomic E-state index is 12.7. The second kappa shape index (κ2) is 9.19. The van der Waals surface area contributed by atoms with Gasteiger partial charge in [0.05, 0.1) is 22.8 Å². The van der Waals surface area contributed by atoms with Crippen LogP contribution in [0.4, 0.5) is 17.2 Å². The largest absolute Gasteiger partial charge is 0.363 e. The first-order valence-corrected chi connectivity index (χ1v) is 10.5. The smallest absolute Gasteiger partial charge is 0.292 e. The zero-order valence-electron chi connectivity index (χ0n) is 18.2. The SMILES string of the molecule is Cc1ccc(-n2nc(C)cc2NC(=O)CN2CCN(c3ccccc3[N+](=O)[O-])CC2)cc1. The molecule has 1 saturated heterocycles. The fourth-order valence-corrected chi connectivity index (χ4v) is 3.89. The minimum absolute atomic E-state index is 0.110. The number of hydrogen-bond donors (Lipinski definition) is 1. The summed E-state index contributed by atoms with van der Waals surface area (Å²) in [6.45, 7) is 6.71. The summed E-state index contributed by atoms with van der Waals surface area (Å²) in [6.07, 6.45) is 0. The fraction of sp³-hybridized carbons (Fsp3) is 0.304. The number of nitrogens with zero attached hydrogens (tertiary/aromatic N) is 5. The average Bonchev–Trinajstić information content (AvgIpc) is 3.14. The zero-order valence-corrected chi connectivity index (χ0v) is 18.2. The lowest BCUT2D eigenvalue weighted by atomic mass is 10.2. The highest BCUT2D eigenvalue weighted by Gasteiger charge is 2.24. The van der Waals surface area contributed by atoms with Gasteiger partial charge in [0, 0.05) is 38.3 Å². The summed E-state index contributed by atoms with van der Waals surface area (Å²) in [7, 11) is 0. The first-order chi connectivity index (χ1) is 15.4. The number of aryl methyl sites for hydroxylation is 2. The van der Waals surface area contributed by atoms with Gasteiger partial charge in [-0.15, -0.1) is 0 Å². The van der Waals surface area contributed by atoms with E-state index in [9.17, 15) is 14.9 Å². The van der Waals surface area contributed by atoms with Gasteiger partial charge in [0.15, 0.2) is 0 Å². The number of benzene rings is 2. The summed E-state index contributed by atoms with van der Waals surface area (Å²) < 4.78 is 1.74. The molecule has 0 atom stereocenters. The Morgan fingerprint density at radius 3 is 2.44 bits per heavy atom. The number of nitro benzene ring substituents is 1. The molecule has 0 unspecified atom stereocenters. The molecule has 0 radical (unpaired) electrons. The number of carbonyl (C=O) groups excluding carboxylic acids is 1. The number of aromatic nitrogens is 2. The van der Waals surface area contributed by atoms with E-state index >= 15 is 0 Å². The van der Waals surface area contributed by atoms with Gasteiger partial charge >= 0.3 is 0 Å². The molecule has 9 nitrogen and oxygen atoms in total. The van der Waals surface area contributed by atoms with Crippen molar-refractivity contribution in [2.45, 2.75) is 13.8 Å². The molecular weight excluding hydrogens is 408 g/mol. The van der Waals surface area contributed by atoms with Crippen LogP contribution in [0.2, 0.25) is 0 Å². The molecule has 0 bridgehead atoms. The van der Waals surface area contributed by atoms with E-state index in [1.807, 2.05) is 49.1 Å². The highest BCUT2D eigenvalue weighted by Crippen LogP contribution is 2.28. The molecule has 166 valence electrons. The number of nitrogens with one attached hydrogen (secondary N) is 1. The predicted molar refractivity (Wildman–Crippen MR) is 123 cm³/mol. The summed E-state index contributed by atoms with van der Waals surface area (Å²) >= 11 is 0. The standard InChI is InChI=1S/C23H26N6O3/c1-17-7-9-19(10-8-17)28-22(15-18(2)25-28)24-23(30)16-26-11-13-27(14-12-26)20-5-3-4-6-21(20)29(31)32/h3-10,15H,11-14,16H2,1-2H3,(H,24,30). The molecule has 0 spiro atoms.